The van der Waals surface area contributed by atoms with Crippen LogP contribution in [0.5, 0.6) is 11.5 Å². The molecule has 1 N–H and O–H groups in total. The molecule has 1 fully saturated rings. The minimum atomic E-state index is -4.12. The highest BCUT2D eigenvalue weighted by Crippen LogP contribution is 2.58. The van der Waals surface area contributed by atoms with E-state index in [2.05, 4.69) is 26.3 Å². The van der Waals surface area contributed by atoms with Gasteiger partial charge in [-0.05, 0) is 87.7 Å². The van der Waals surface area contributed by atoms with Crippen LogP contribution in [-0.4, -0.2) is 81.3 Å². The van der Waals surface area contributed by atoms with Crippen LogP contribution in [0.3, 0.4) is 0 Å². The van der Waals surface area contributed by atoms with Gasteiger partial charge in [0, 0.05) is 24.1 Å². The molecule has 64 heavy (non-hydrogen) atoms. The van der Waals surface area contributed by atoms with E-state index in [9.17, 15) is 10.1 Å². The molecule has 334 valence electrons. The van der Waals surface area contributed by atoms with Crippen LogP contribution >= 0.6 is 7.75 Å². The molecule has 4 aromatic carbocycles. The number of hydrogen-bond donors (Lipinski definition) is 1. The summed E-state index contributed by atoms with van der Waals surface area (Å²) in [5.74, 6) is 1.22. The summed E-state index contributed by atoms with van der Waals surface area (Å²) in [6, 6.07) is 35.7. The number of fused-ring (bicyclic) bond motifs is 1. The Morgan fingerprint density at radius 3 is 2.00 bits per heavy atom. The van der Waals surface area contributed by atoms with Crippen LogP contribution < -0.4 is 14.8 Å². The number of nitrogens with zero attached hydrogens (tertiary/aromatic N) is 6. The molecule has 7 rings (SSSR count). The Morgan fingerprint density at radius 2 is 1.44 bits per heavy atom. The highest BCUT2D eigenvalue weighted by molar-refractivity contribution is 7.51. The van der Waals surface area contributed by atoms with Gasteiger partial charge in [0.05, 0.1) is 45.7 Å². The second-order valence-electron chi connectivity index (χ2n) is 15.9. The molecule has 0 radical (unpaired) electrons. The molecule has 0 spiro atoms. The molecule has 2 unspecified atom stereocenters. The molecule has 0 bridgehead atoms. The van der Waals surface area contributed by atoms with Gasteiger partial charge in [0.2, 0.25) is 0 Å². The quantitative estimate of drug-likeness (QED) is 0.0464. The molecule has 1 aliphatic heterocycles. The molecule has 1 amide bonds. The fourth-order valence-corrected chi connectivity index (χ4v) is 10.6. The van der Waals surface area contributed by atoms with Crippen LogP contribution in [0.25, 0.3) is 11.2 Å². The van der Waals surface area contributed by atoms with Crippen LogP contribution in [0.15, 0.2) is 122 Å². The van der Waals surface area contributed by atoms with Crippen molar-refractivity contribution >= 4 is 30.6 Å². The number of anilines is 1. The Kier molecular flexibility index (Phi) is 14.6. The Hall–Kier alpha value is -5.98. The summed E-state index contributed by atoms with van der Waals surface area (Å²) in [5, 5.41) is 12.3. The molecule has 16 heteroatoms. The third-order valence-electron chi connectivity index (χ3n) is 11.1. The minimum absolute atomic E-state index is 0.0112. The van der Waals surface area contributed by atoms with E-state index in [4.69, 9.17) is 28.0 Å². The lowest BCUT2D eigenvalue weighted by atomic mass is 9.79. The molecule has 3 heterocycles. The maximum Gasteiger partial charge on any atom is 0.409 e. The van der Waals surface area contributed by atoms with E-state index >= 15 is 4.57 Å². The van der Waals surface area contributed by atoms with E-state index < -0.39 is 37.9 Å². The Labute approximate surface area is 373 Å². The maximum absolute atomic E-state index is 15.3. The van der Waals surface area contributed by atoms with Crippen molar-refractivity contribution in [3.8, 4) is 17.6 Å². The van der Waals surface area contributed by atoms with Gasteiger partial charge in [-0.15, -0.1) is 0 Å². The lowest BCUT2D eigenvalue weighted by molar-refractivity contribution is -0.135. The topological polar surface area (TPSA) is 172 Å². The van der Waals surface area contributed by atoms with Crippen molar-refractivity contribution in [1.29, 1.82) is 5.26 Å². The molecular weight excluding hydrogens is 834 g/mol. The van der Waals surface area contributed by atoms with Gasteiger partial charge in [0.25, 0.3) is 5.91 Å². The van der Waals surface area contributed by atoms with Gasteiger partial charge in [-0.3, -0.25) is 18.4 Å². The smallest absolute Gasteiger partial charge is 0.409 e. The van der Waals surface area contributed by atoms with Crippen LogP contribution in [0.2, 0.25) is 0 Å². The van der Waals surface area contributed by atoms with Gasteiger partial charge in [-0.25, -0.2) is 24.2 Å². The maximum atomic E-state index is 15.3. The SMILES string of the molecule is COc1ccc(C(OC(C)[C@H]2O[C@@H](n3cnc4c(NC(=O)c5ccccc5)ncnc43)C[C@@H]2OP(=O)(OCCC#N)N(C(C)C)C(C)C)(c2ccccc2)c2ccc(OC)cc2)cc1. The van der Waals surface area contributed by atoms with Crippen LogP contribution in [-0.2, 0) is 28.7 Å². The molecule has 15 nitrogen and oxygen atoms in total. The minimum Gasteiger partial charge on any atom is -0.497 e. The summed E-state index contributed by atoms with van der Waals surface area (Å²) in [5.41, 5.74) is 2.41. The number of rotatable bonds is 19. The first-order chi connectivity index (χ1) is 30.9. The van der Waals surface area contributed by atoms with Crippen molar-refractivity contribution in [3.63, 3.8) is 0 Å². The predicted molar refractivity (Wildman–Crippen MR) is 242 cm³/mol. The number of benzene rings is 4. The number of hydrogen-bond acceptors (Lipinski definition) is 12. The van der Waals surface area contributed by atoms with Crippen molar-refractivity contribution in [2.75, 3.05) is 26.1 Å². The number of ether oxygens (including phenoxy) is 4. The first kappa shape index (κ1) is 46.0. The number of carbonyl (C=O) groups excluding carboxylic acids is 1. The van der Waals surface area contributed by atoms with E-state index in [1.807, 2.05) is 120 Å². The summed E-state index contributed by atoms with van der Waals surface area (Å²) in [6.07, 6.45) is -0.218. The normalized spacial score (nSPS) is 17.9. The van der Waals surface area contributed by atoms with Crippen molar-refractivity contribution in [1.82, 2.24) is 24.2 Å². The zero-order chi connectivity index (χ0) is 45.4. The van der Waals surface area contributed by atoms with Crippen LogP contribution in [0.4, 0.5) is 5.82 Å². The standard InChI is InChI=1S/C48H54N7O8P/c1-32(2)55(33(3)4)64(57,60-28-14-27-49)63-41-29-42(54-31-52-43-45(50-30-51-46(43)54)53-47(56)35-15-10-8-11-16-35)61-44(41)34(5)62-48(36-17-12-9-13-18-36,37-19-23-39(58-6)24-20-37)38-21-25-40(59-7)26-22-38/h8-13,15-26,30-34,41-42,44H,14,28-29H2,1-7H3,(H,50,51,53,56)/t34?,41-,42+,44+,64?/m0/s1. The molecule has 6 aromatic rings. The molecule has 2 aromatic heterocycles. The zero-order valence-electron chi connectivity index (χ0n) is 37.0. The fraction of sp³-hybridized carbons (Fsp3) is 0.354. The summed E-state index contributed by atoms with van der Waals surface area (Å²) in [6.45, 7) is 9.48. The van der Waals surface area contributed by atoms with E-state index in [1.165, 1.54) is 6.33 Å². The molecule has 5 atom stereocenters. The Bertz CT molecular complexity index is 2510. The summed E-state index contributed by atoms with van der Waals surface area (Å²) in [7, 11) is -0.885. The lowest BCUT2D eigenvalue weighted by Crippen LogP contribution is -2.44. The van der Waals surface area contributed by atoms with Crippen LogP contribution in [0, 0.1) is 11.3 Å². The lowest BCUT2D eigenvalue weighted by Gasteiger charge is -2.41. The van der Waals surface area contributed by atoms with Crippen molar-refractivity contribution in [2.24, 2.45) is 0 Å². The van der Waals surface area contributed by atoms with Crippen molar-refractivity contribution in [2.45, 2.75) is 89.7 Å². The highest BCUT2D eigenvalue weighted by Gasteiger charge is 2.50. The number of carbonyl (C=O) groups is 1. The number of nitrogens with one attached hydrogen (secondary N) is 1. The average molecular weight is 888 g/mol. The molecule has 0 aliphatic carbocycles. The first-order valence-electron chi connectivity index (χ1n) is 21.2. The second-order valence-corrected chi connectivity index (χ2v) is 17.8. The number of nitriles is 1. The first-order valence-corrected chi connectivity index (χ1v) is 22.7. The van der Waals surface area contributed by atoms with Gasteiger partial charge in [0.15, 0.2) is 17.0 Å². The van der Waals surface area contributed by atoms with Crippen LogP contribution in [0.1, 0.15) is 80.7 Å². The van der Waals surface area contributed by atoms with E-state index in [0.29, 0.717) is 28.2 Å². The van der Waals surface area contributed by atoms with Gasteiger partial charge in [0.1, 0.15) is 41.9 Å². The van der Waals surface area contributed by atoms with E-state index in [0.717, 1.165) is 16.7 Å². The largest absolute Gasteiger partial charge is 0.497 e. The number of imidazole rings is 1. The molecule has 1 saturated heterocycles. The second kappa shape index (κ2) is 20.2. The number of amides is 1. The van der Waals surface area contributed by atoms with Gasteiger partial charge < -0.3 is 24.3 Å². The zero-order valence-corrected chi connectivity index (χ0v) is 37.9. The average Bonchev–Trinajstić information content (AvgIpc) is 3.93. The number of methoxy groups -OCH3 is 2. The van der Waals surface area contributed by atoms with Gasteiger partial charge in [-0.2, -0.15) is 5.26 Å². The third-order valence-corrected chi connectivity index (χ3v) is 13.7. The Balaban J connectivity index is 1.33. The third kappa shape index (κ3) is 9.58. The highest BCUT2D eigenvalue weighted by atomic mass is 31.2. The molecule has 0 saturated carbocycles. The van der Waals surface area contributed by atoms with Gasteiger partial charge in [-0.1, -0.05) is 72.8 Å². The van der Waals surface area contributed by atoms with Gasteiger partial charge >= 0.3 is 7.75 Å². The summed E-state index contributed by atoms with van der Waals surface area (Å²) < 4.78 is 57.4. The fourth-order valence-electron chi connectivity index (χ4n) is 8.34. The van der Waals surface area contributed by atoms with E-state index in [1.54, 1.807) is 54.0 Å². The molecular formula is C48H54N7O8P. The number of aromatic nitrogens is 4. The summed E-state index contributed by atoms with van der Waals surface area (Å²) >= 11 is 0. The predicted octanol–water partition coefficient (Wildman–Crippen LogP) is 9.32. The van der Waals surface area contributed by atoms with Crippen molar-refractivity contribution in [3.05, 3.63) is 144 Å². The summed E-state index contributed by atoms with van der Waals surface area (Å²) in [4.78, 5) is 26.8. The van der Waals surface area contributed by atoms with Crippen molar-refractivity contribution < 1.29 is 37.4 Å². The Morgan fingerprint density at radius 1 is 0.859 bits per heavy atom. The monoisotopic (exact) mass is 887 g/mol. The molecule has 1 aliphatic rings. The van der Waals surface area contributed by atoms with E-state index in [-0.39, 0.29) is 43.3 Å².